The van der Waals surface area contributed by atoms with Gasteiger partial charge in [-0.2, -0.15) is 5.26 Å². The molecule has 0 atom stereocenters. The number of halogens is 3. The average molecular weight is 605 g/mol. The van der Waals surface area contributed by atoms with E-state index >= 15 is 0 Å². The molecule has 0 aliphatic carbocycles. The molecule has 1 aliphatic heterocycles. The summed E-state index contributed by atoms with van der Waals surface area (Å²) in [7, 11) is 4.06. The van der Waals surface area contributed by atoms with E-state index in [1.165, 1.54) is 12.8 Å². The van der Waals surface area contributed by atoms with Crippen LogP contribution in [0.5, 0.6) is 11.5 Å². The zero-order chi connectivity index (χ0) is 25.6. The second kappa shape index (κ2) is 15.8. The molecule has 2 aromatic carbocycles. The van der Waals surface area contributed by atoms with E-state index < -0.39 is 0 Å². The molecule has 4 aromatic rings. The third kappa shape index (κ3) is 8.33. The monoisotopic (exact) mass is 603 g/mol. The van der Waals surface area contributed by atoms with Crippen molar-refractivity contribution in [3.8, 4) is 17.6 Å². The van der Waals surface area contributed by atoms with Crippen molar-refractivity contribution in [3.05, 3.63) is 83.3 Å². The van der Waals surface area contributed by atoms with Crippen molar-refractivity contribution < 1.29 is 9.26 Å². The van der Waals surface area contributed by atoms with Crippen LogP contribution in [0.4, 0.5) is 0 Å². The summed E-state index contributed by atoms with van der Waals surface area (Å²) in [5.74, 6) is 2.13. The highest BCUT2D eigenvalue weighted by molar-refractivity contribution is 5.86. The minimum absolute atomic E-state index is 0. The zero-order valence-corrected chi connectivity index (χ0v) is 25.2. The van der Waals surface area contributed by atoms with Gasteiger partial charge in [-0.3, -0.25) is 9.88 Å². The van der Waals surface area contributed by atoms with Crippen LogP contribution in [-0.2, 0) is 19.5 Å². The van der Waals surface area contributed by atoms with E-state index in [0.29, 0.717) is 23.8 Å². The third-order valence-electron chi connectivity index (χ3n) is 7.07. The van der Waals surface area contributed by atoms with Gasteiger partial charge in [-0.15, -0.1) is 37.2 Å². The number of rotatable bonds is 9. The molecule has 0 amide bonds. The molecule has 0 saturated carbocycles. The van der Waals surface area contributed by atoms with Gasteiger partial charge in [0.25, 0.3) is 0 Å². The van der Waals surface area contributed by atoms with Gasteiger partial charge < -0.3 is 14.2 Å². The SMILES string of the molecule is CN(C)Cc1c(Oc2ccc(C#N)cc2)ccc2c(CCC3CCN(Cc4ccccn4)CC3)noc12.Cl.Cl.Cl. The smallest absolute Gasteiger partial charge is 0.175 e. The van der Waals surface area contributed by atoms with Gasteiger partial charge >= 0.3 is 0 Å². The lowest BCUT2D eigenvalue weighted by Gasteiger charge is -2.31. The molecule has 0 bridgehead atoms. The molecule has 2 aromatic heterocycles. The maximum Gasteiger partial charge on any atom is 0.175 e. The molecule has 0 radical (unpaired) electrons. The molecule has 3 heterocycles. The Morgan fingerprint density at radius 1 is 1.02 bits per heavy atom. The molecule has 5 rings (SSSR count). The predicted octanol–water partition coefficient (Wildman–Crippen LogP) is 7.06. The highest BCUT2D eigenvalue weighted by atomic mass is 35.5. The zero-order valence-electron chi connectivity index (χ0n) is 22.8. The summed E-state index contributed by atoms with van der Waals surface area (Å²) in [5.41, 5.74) is 4.55. The number of benzene rings is 2. The van der Waals surface area contributed by atoms with Gasteiger partial charge in [-0.05, 0) is 107 Å². The van der Waals surface area contributed by atoms with Gasteiger partial charge in [0.1, 0.15) is 11.5 Å². The molecule has 0 spiro atoms. The second-order valence-electron chi connectivity index (χ2n) is 10.1. The van der Waals surface area contributed by atoms with E-state index in [2.05, 4.69) is 44.2 Å². The number of nitrogens with zero attached hydrogens (tertiary/aromatic N) is 5. The fourth-order valence-electron chi connectivity index (χ4n) is 5.05. The highest BCUT2D eigenvalue weighted by Crippen LogP contribution is 2.35. The topological polar surface area (TPSA) is 78.4 Å². The van der Waals surface area contributed by atoms with Crippen LogP contribution >= 0.6 is 37.2 Å². The molecule has 1 aliphatic rings. The maximum atomic E-state index is 9.06. The van der Waals surface area contributed by atoms with Crippen LogP contribution in [0, 0.1) is 17.2 Å². The van der Waals surface area contributed by atoms with E-state index in [-0.39, 0.29) is 37.2 Å². The normalized spacial score (nSPS) is 13.7. The largest absolute Gasteiger partial charge is 0.457 e. The summed E-state index contributed by atoms with van der Waals surface area (Å²) in [4.78, 5) is 9.07. The van der Waals surface area contributed by atoms with Crippen LogP contribution < -0.4 is 4.74 Å². The molecular weight excluding hydrogens is 569 g/mol. The van der Waals surface area contributed by atoms with E-state index in [1.54, 1.807) is 12.1 Å². The first-order valence-electron chi connectivity index (χ1n) is 12.9. The Morgan fingerprint density at radius 2 is 1.77 bits per heavy atom. The van der Waals surface area contributed by atoms with Crippen LogP contribution in [0.2, 0.25) is 0 Å². The molecule has 0 unspecified atom stereocenters. The Labute approximate surface area is 254 Å². The van der Waals surface area contributed by atoms with Crippen molar-refractivity contribution in [2.75, 3.05) is 27.2 Å². The Morgan fingerprint density at radius 3 is 2.42 bits per heavy atom. The molecule has 1 saturated heterocycles. The number of hydrogen-bond acceptors (Lipinski definition) is 7. The second-order valence-corrected chi connectivity index (χ2v) is 10.1. The summed E-state index contributed by atoms with van der Waals surface area (Å²) in [6.07, 6.45) is 6.31. The first-order valence-corrected chi connectivity index (χ1v) is 12.9. The number of fused-ring (bicyclic) bond motifs is 1. The Kier molecular flexibility index (Phi) is 13.2. The molecule has 10 heteroatoms. The molecule has 0 N–H and O–H groups in total. The number of likely N-dealkylation sites (tertiary alicyclic amines) is 1. The van der Waals surface area contributed by atoms with Gasteiger partial charge in [0.2, 0.25) is 0 Å². The lowest BCUT2D eigenvalue weighted by atomic mass is 9.91. The number of pyridine rings is 1. The fraction of sp³-hybridized carbons (Fsp3) is 0.367. The predicted molar refractivity (Wildman–Crippen MR) is 165 cm³/mol. The highest BCUT2D eigenvalue weighted by Gasteiger charge is 2.22. The lowest BCUT2D eigenvalue weighted by Crippen LogP contribution is -2.33. The quantitative estimate of drug-likeness (QED) is 0.202. The number of nitriles is 1. The number of aryl methyl sites for hydroxylation is 1. The first-order chi connectivity index (χ1) is 18.1. The Bertz CT molecular complexity index is 1370. The van der Waals surface area contributed by atoms with Crippen molar-refractivity contribution >= 4 is 48.2 Å². The molecule has 1 fully saturated rings. The molecule has 7 nitrogen and oxygen atoms in total. The summed E-state index contributed by atoms with van der Waals surface area (Å²) in [6, 6.07) is 19.5. The van der Waals surface area contributed by atoms with Gasteiger partial charge in [-0.1, -0.05) is 11.2 Å². The fourth-order valence-corrected chi connectivity index (χ4v) is 5.05. The average Bonchev–Trinajstić information content (AvgIpc) is 3.34. The van der Waals surface area contributed by atoms with Crippen molar-refractivity contribution in [2.45, 2.75) is 38.8 Å². The van der Waals surface area contributed by atoms with Crippen LogP contribution in [0.1, 0.15) is 41.8 Å². The number of aromatic nitrogens is 2. The first kappa shape index (κ1) is 33.3. The van der Waals surface area contributed by atoms with Gasteiger partial charge in [0.05, 0.1) is 28.6 Å². The molecular formula is C30H36Cl3N5O2. The van der Waals surface area contributed by atoms with Gasteiger partial charge in [0.15, 0.2) is 5.58 Å². The summed E-state index contributed by atoms with van der Waals surface area (Å²) in [5, 5.41) is 14.6. The van der Waals surface area contributed by atoms with E-state index in [0.717, 1.165) is 66.1 Å². The lowest BCUT2D eigenvalue weighted by molar-refractivity contribution is 0.170. The van der Waals surface area contributed by atoms with Crippen molar-refractivity contribution in [2.24, 2.45) is 5.92 Å². The maximum absolute atomic E-state index is 9.06. The Balaban J connectivity index is 0.00000187. The number of piperidine rings is 1. The molecule has 40 heavy (non-hydrogen) atoms. The van der Waals surface area contributed by atoms with E-state index in [9.17, 15) is 0 Å². The Hall–Kier alpha value is -2.86. The third-order valence-corrected chi connectivity index (χ3v) is 7.07. The molecule has 214 valence electrons. The van der Waals surface area contributed by atoms with Crippen LogP contribution in [0.3, 0.4) is 0 Å². The van der Waals surface area contributed by atoms with Gasteiger partial charge in [0, 0.05) is 24.7 Å². The van der Waals surface area contributed by atoms with Crippen LogP contribution in [0.15, 0.2) is 65.3 Å². The van der Waals surface area contributed by atoms with E-state index in [1.807, 2.05) is 44.6 Å². The standard InChI is InChI=1S/C30H33N5O2.3ClH/c1-34(2)21-27-29(36-25-9-6-23(19-31)7-10-25)13-11-26-28(33-37-30(26)27)12-8-22-14-17-35(18-15-22)20-24-5-3-4-16-32-24;;;/h3-7,9-11,13,16,22H,8,12,14-15,17-18,20-21H2,1-2H3;3*1H. The minimum Gasteiger partial charge on any atom is -0.457 e. The van der Waals surface area contributed by atoms with Crippen molar-refractivity contribution in [1.29, 1.82) is 5.26 Å². The van der Waals surface area contributed by atoms with Gasteiger partial charge in [-0.25, -0.2) is 0 Å². The van der Waals surface area contributed by atoms with Crippen molar-refractivity contribution in [3.63, 3.8) is 0 Å². The summed E-state index contributed by atoms with van der Waals surface area (Å²) >= 11 is 0. The number of hydrogen-bond donors (Lipinski definition) is 0. The van der Waals surface area contributed by atoms with Crippen molar-refractivity contribution in [1.82, 2.24) is 19.9 Å². The summed E-state index contributed by atoms with van der Waals surface area (Å²) < 4.78 is 12.1. The summed E-state index contributed by atoms with van der Waals surface area (Å²) in [6.45, 7) is 3.84. The van der Waals surface area contributed by atoms with Crippen LogP contribution in [-0.4, -0.2) is 47.1 Å². The van der Waals surface area contributed by atoms with Crippen LogP contribution in [0.25, 0.3) is 11.0 Å². The minimum atomic E-state index is 0. The van der Waals surface area contributed by atoms with E-state index in [4.69, 9.17) is 14.5 Å². The number of ether oxygens (including phenoxy) is 1.